The summed E-state index contributed by atoms with van der Waals surface area (Å²) >= 11 is 0. The van der Waals surface area contributed by atoms with E-state index in [1.807, 2.05) is 24.3 Å². The average molecular weight is 324 g/mol. The normalized spacial score (nSPS) is 14.0. The van der Waals surface area contributed by atoms with Gasteiger partial charge in [0, 0.05) is 17.8 Å². The van der Waals surface area contributed by atoms with Crippen LogP contribution in [0, 0.1) is 0 Å². The molecule has 0 bridgehead atoms. The highest BCUT2D eigenvalue weighted by Crippen LogP contribution is 2.27. The lowest BCUT2D eigenvalue weighted by Crippen LogP contribution is -2.46. The molecule has 3 rings (SSSR count). The number of amides is 2. The highest BCUT2D eigenvalue weighted by atomic mass is 16.5. The Hall–Kier alpha value is -2.82. The topological polar surface area (TPSA) is 58.6 Å². The summed E-state index contributed by atoms with van der Waals surface area (Å²) in [5.74, 6) is 0.216. The second-order valence-corrected chi connectivity index (χ2v) is 5.80. The monoisotopic (exact) mass is 324 g/mol. The Kier molecular flexibility index (Phi) is 4.51. The van der Waals surface area contributed by atoms with E-state index in [-0.39, 0.29) is 11.8 Å². The molecule has 2 aromatic carbocycles. The van der Waals surface area contributed by atoms with Crippen LogP contribution in [0.15, 0.2) is 48.5 Å². The van der Waals surface area contributed by atoms with E-state index in [1.165, 1.54) is 0 Å². The summed E-state index contributed by atoms with van der Waals surface area (Å²) < 4.78 is 5.12. The van der Waals surface area contributed by atoms with Crippen molar-refractivity contribution >= 4 is 17.5 Å². The molecule has 0 aliphatic carbocycles. The molecule has 124 valence electrons. The van der Waals surface area contributed by atoms with E-state index in [0.29, 0.717) is 17.9 Å². The number of benzene rings is 2. The molecule has 0 radical (unpaired) electrons. The number of carbonyl (C=O) groups is 2. The van der Waals surface area contributed by atoms with Gasteiger partial charge in [0.05, 0.1) is 7.11 Å². The maximum atomic E-state index is 12.7. The lowest BCUT2D eigenvalue weighted by atomic mass is 10.1. The quantitative estimate of drug-likeness (QED) is 0.939. The Morgan fingerprint density at radius 3 is 2.75 bits per heavy atom. The minimum absolute atomic E-state index is 0.101. The van der Waals surface area contributed by atoms with E-state index in [1.54, 1.807) is 43.2 Å². The van der Waals surface area contributed by atoms with Crippen LogP contribution < -0.4 is 15.0 Å². The maximum absolute atomic E-state index is 12.7. The molecule has 1 aliphatic heterocycles. The predicted octanol–water partition coefficient (Wildman–Crippen LogP) is 2.40. The van der Waals surface area contributed by atoms with Crippen LogP contribution in [0.2, 0.25) is 0 Å². The Labute approximate surface area is 141 Å². The van der Waals surface area contributed by atoms with Gasteiger partial charge >= 0.3 is 0 Å². The lowest BCUT2D eigenvalue weighted by molar-refractivity contribution is -0.119. The first-order valence-corrected chi connectivity index (χ1v) is 7.94. The lowest BCUT2D eigenvalue weighted by Gasteiger charge is -2.22. The zero-order valence-corrected chi connectivity index (χ0v) is 13.8. The molecule has 0 fully saturated rings. The zero-order chi connectivity index (χ0) is 17.1. The van der Waals surface area contributed by atoms with E-state index in [4.69, 9.17) is 4.74 Å². The molecule has 5 nitrogen and oxygen atoms in total. The van der Waals surface area contributed by atoms with Crippen LogP contribution in [-0.2, 0) is 11.2 Å². The first kappa shape index (κ1) is 16.1. The molecule has 1 heterocycles. The zero-order valence-electron chi connectivity index (χ0n) is 13.8. The fourth-order valence-corrected chi connectivity index (χ4v) is 2.91. The molecule has 0 saturated carbocycles. The fourth-order valence-electron chi connectivity index (χ4n) is 2.91. The van der Waals surface area contributed by atoms with Crippen LogP contribution >= 0.6 is 0 Å². The summed E-state index contributed by atoms with van der Waals surface area (Å²) in [5.41, 5.74) is 2.57. The van der Waals surface area contributed by atoms with Crippen molar-refractivity contribution in [3.63, 3.8) is 0 Å². The summed E-state index contributed by atoms with van der Waals surface area (Å²) in [6.45, 7) is 2.36. The fraction of sp³-hybridized carbons (Fsp3) is 0.263. The highest BCUT2D eigenvalue weighted by molar-refractivity contribution is 6.03. The molecule has 5 heteroatoms. The number of hydrogen-bond donors (Lipinski definition) is 1. The molecule has 0 aromatic heterocycles. The Bertz CT molecular complexity index is 773. The molecular formula is C19H20N2O3. The predicted molar refractivity (Wildman–Crippen MR) is 92.4 cm³/mol. The van der Waals surface area contributed by atoms with E-state index in [0.717, 1.165) is 17.7 Å². The minimum Gasteiger partial charge on any atom is -0.497 e. The van der Waals surface area contributed by atoms with Gasteiger partial charge in [-0.1, -0.05) is 24.3 Å². The molecule has 24 heavy (non-hydrogen) atoms. The maximum Gasteiger partial charge on any atom is 0.252 e. The third-order valence-electron chi connectivity index (χ3n) is 4.20. The second kappa shape index (κ2) is 6.74. The van der Waals surface area contributed by atoms with E-state index >= 15 is 0 Å². The minimum atomic E-state index is -0.602. The second-order valence-electron chi connectivity index (χ2n) is 5.80. The van der Waals surface area contributed by atoms with Gasteiger partial charge in [-0.15, -0.1) is 0 Å². The Morgan fingerprint density at radius 2 is 1.96 bits per heavy atom. The summed E-state index contributed by atoms with van der Waals surface area (Å²) in [7, 11) is 1.55. The van der Waals surface area contributed by atoms with Crippen LogP contribution in [-0.4, -0.2) is 31.5 Å². The summed E-state index contributed by atoms with van der Waals surface area (Å²) in [6, 6.07) is 14.1. The summed E-state index contributed by atoms with van der Waals surface area (Å²) in [6.07, 6.45) is 0.846. The summed E-state index contributed by atoms with van der Waals surface area (Å²) in [5, 5.41) is 2.77. The van der Waals surface area contributed by atoms with Gasteiger partial charge < -0.3 is 15.0 Å². The van der Waals surface area contributed by atoms with Gasteiger partial charge in [-0.25, -0.2) is 0 Å². The molecule has 0 unspecified atom stereocenters. The number of anilines is 1. The number of fused-ring (bicyclic) bond motifs is 1. The first-order valence-electron chi connectivity index (χ1n) is 7.94. The van der Waals surface area contributed by atoms with Crippen LogP contribution in [0.25, 0.3) is 0 Å². The number of hydrogen-bond acceptors (Lipinski definition) is 3. The van der Waals surface area contributed by atoms with Crippen molar-refractivity contribution in [2.75, 3.05) is 18.6 Å². The molecule has 0 saturated heterocycles. The van der Waals surface area contributed by atoms with Crippen molar-refractivity contribution in [1.29, 1.82) is 0 Å². The average Bonchev–Trinajstić information content (AvgIpc) is 3.05. The third-order valence-corrected chi connectivity index (χ3v) is 4.20. The Morgan fingerprint density at radius 1 is 1.17 bits per heavy atom. The summed E-state index contributed by atoms with van der Waals surface area (Å²) in [4.78, 5) is 26.8. The van der Waals surface area contributed by atoms with Gasteiger partial charge in [0.15, 0.2) is 0 Å². The smallest absolute Gasteiger partial charge is 0.252 e. The van der Waals surface area contributed by atoms with Crippen LogP contribution in [0.1, 0.15) is 22.8 Å². The number of ether oxygens (including phenoxy) is 1. The third kappa shape index (κ3) is 3.11. The molecule has 0 spiro atoms. The van der Waals surface area contributed by atoms with Gasteiger partial charge in [-0.3, -0.25) is 9.59 Å². The molecule has 2 aromatic rings. The Balaban J connectivity index is 1.69. The van der Waals surface area contributed by atoms with Gasteiger partial charge in [0.25, 0.3) is 5.91 Å². The number of rotatable bonds is 4. The number of para-hydroxylation sites is 1. The molecule has 2 amide bonds. The standard InChI is InChI=1S/C19H20N2O3/c1-13(20-18(22)15-7-5-8-16(12-15)24-2)19(23)21-11-10-14-6-3-4-9-17(14)21/h3-9,12-13H,10-11H2,1-2H3,(H,20,22)/t13-/m0/s1. The van der Waals surface area contributed by atoms with Crippen molar-refractivity contribution in [1.82, 2.24) is 5.32 Å². The largest absolute Gasteiger partial charge is 0.497 e. The van der Waals surface area contributed by atoms with Crippen molar-refractivity contribution in [2.24, 2.45) is 0 Å². The van der Waals surface area contributed by atoms with E-state index in [9.17, 15) is 9.59 Å². The van der Waals surface area contributed by atoms with E-state index in [2.05, 4.69) is 5.32 Å². The van der Waals surface area contributed by atoms with Crippen LogP contribution in [0.3, 0.4) is 0 Å². The van der Waals surface area contributed by atoms with Gasteiger partial charge in [0.2, 0.25) is 5.91 Å². The highest BCUT2D eigenvalue weighted by Gasteiger charge is 2.28. The van der Waals surface area contributed by atoms with Crippen LogP contribution in [0.5, 0.6) is 5.75 Å². The number of methoxy groups -OCH3 is 1. The van der Waals surface area contributed by atoms with Gasteiger partial charge in [0.1, 0.15) is 11.8 Å². The van der Waals surface area contributed by atoms with Crippen LogP contribution in [0.4, 0.5) is 5.69 Å². The van der Waals surface area contributed by atoms with Crippen molar-refractivity contribution in [2.45, 2.75) is 19.4 Å². The number of nitrogens with one attached hydrogen (secondary N) is 1. The van der Waals surface area contributed by atoms with Crippen molar-refractivity contribution in [3.8, 4) is 5.75 Å². The molecule has 1 atom stereocenters. The first-order chi connectivity index (χ1) is 11.6. The molecule has 1 aliphatic rings. The SMILES string of the molecule is COc1cccc(C(=O)N[C@@H](C)C(=O)N2CCc3ccccc32)c1. The molecule has 1 N–H and O–H groups in total. The van der Waals surface area contributed by atoms with Crippen molar-refractivity contribution < 1.29 is 14.3 Å². The van der Waals surface area contributed by atoms with Gasteiger partial charge in [-0.05, 0) is 43.2 Å². The molecular weight excluding hydrogens is 304 g/mol. The number of carbonyl (C=O) groups excluding carboxylic acids is 2. The van der Waals surface area contributed by atoms with Gasteiger partial charge in [-0.2, -0.15) is 0 Å². The van der Waals surface area contributed by atoms with Crippen molar-refractivity contribution in [3.05, 3.63) is 59.7 Å². The van der Waals surface area contributed by atoms with E-state index < -0.39 is 6.04 Å². The number of nitrogens with zero attached hydrogens (tertiary/aromatic N) is 1.